The zero-order valence-corrected chi connectivity index (χ0v) is 14.0. The van der Waals surface area contributed by atoms with Gasteiger partial charge in [0.1, 0.15) is 5.82 Å². The van der Waals surface area contributed by atoms with E-state index in [2.05, 4.69) is 10.6 Å². The van der Waals surface area contributed by atoms with Gasteiger partial charge in [-0.2, -0.15) is 11.8 Å². The summed E-state index contributed by atoms with van der Waals surface area (Å²) < 4.78 is 13.7. The number of amides is 1. The fourth-order valence-electron chi connectivity index (χ4n) is 2.45. The Kier molecular flexibility index (Phi) is 6.67. The van der Waals surface area contributed by atoms with Gasteiger partial charge < -0.3 is 15.5 Å². The van der Waals surface area contributed by atoms with Crippen molar-refractivity contribution in [1.82, 2.24) is 15.5 Å². The molecule has 1 aliphatic heterocycles. The van der Waals surface area contributed by atoms with Crippen LogP contribution in [0.3, 0.4) is 0 Å². The molecule has 0 aliphatic carbocycles. The predicted molar refractivity (Wildman–Crippen MR) is 89.4 cm³/mol. The topological polar surface area (TPSA) is 44.4 Å². The Balaban J connectivity index is 1.83. The number of hydrogen-bond donors (Lipinski definition) is 2. The van der Waals surface area contributed by atoms with Crippen LogP contribution >= 0.6 is 11.8 Å². The molecule has 122 valence electrons. The van der Waals surface area contributed by atoms with E-state index < -0.39 is 0 Å². The van der Waals surface area contributed by atoms with Gasteiger partial charge in [-0.1, -0.05) is 6.07 Å². The second-order valence-electron chi connectivity index (χ2n) is 5.87. The molecule has 2 rings (SSSR count). The van der Waals surface area contributed by atoms with Crippen LogP contribution in [-0.2, 0) is 17.9 Å². The lowest BCUT2D eigenvalue weighted by Crippen LogP contribution is -2.41. The number of carbonyl (C=O) groups is 1. The van der Waals surface area contributed by atoms with E-state index in [0.717, 1.165) is 23.6 Å². The van der Waals surface area contributed by atoms with Crippen molar-refractivity contribution in [3.05, 3.63) is 35.1 Å². The number of rotatable bonds is 6. The largest absolute Gasteiger partial charge is 0.352 e. The normalized spacial score (nSPS) is 18.5. The monoisotopic (exact) mass is 325 g/mol. The van der Waals surface area contributed by atoms with Crippen molar-refractivity contribution in [2.75, 3.05) is 32.1 Å². The van der Waals surface area contributed by atoms with Crippen molar-refractivity contribution in [3.8, 4) is 0 Å². The predicted octanol–water partition coefficient (Wildman–Crippen LogP) is 1.60. The molecule has 1 heterocycles. The van der Waals surface area contributed by atoms with Crippen LogP contribution in [0.5, 0.6) is 0 Å². The van der Waals surface area contributed by atoms with Crippen LogP contribution in [0.2, 0.25) is 0 Å². The van der Waals surface area contributed by atoms with Crippen LogP contribution in [0.4, 0.5) is 4.39 Å². The Hall–Kier alpha value is -1.11. The first kappa shape index (κ1) is 17.2. The zero-order chi connectivity index (χ0) is 15.9. The maximum absolute atomic E-state index is 13.7. The Bertz CT molecular complexity index is 504. The van der Waals surface area contributed by atoms with E-state index in [-0.39, 0.29) is 17.8 Å². The van der Waals surface area contributed by atoms with Gasteiger partial charge in [-0.15, -0.1) is 0 Å². The van der Waals surface area contributed by atoms with Crippen molar-refractivity contribution in [2.45, 2.75) is 25.6 Å². The number of benzene rings is 1. The average Bonchev–Trinajstić information content (AvgIpc) is 2.48. The van der Waals surface area contributed by atoms with Crippen molar-refractivity contribution in [2.24, 2.45) is 0 Å². The Labute approximate surface area is 135 Å². The smallest absolute Gasteiger partial charge is 0.221 e. The molecule has 0 aromatic heterocycles. The minimum Gasteiger partial charge on any atom is -0.352 e. The van der Waals surface area contributed by atoms with Crippen LogP contribution < -0.4 is 10.6 Å². The molecule has 0 spiro atoms. The minimum absolute atomic E-state index is 0.0403. The molecule has 1 aromatic rings. The molecule has 22 heavy (non-hydrogen) atoms. The van der Waals surface area contributed by atoms with Crippen LogP contribution in [0, 0.1) is 5.82 Å². The lowest BCUT2D eigenvalue weighted by Gasteiger charge is -2.22. The van der Waals surface area contributed by atoms with Gasteiger partial charge in [-0.25, -0.2) is 4.39 Å². The number of halogens is 1. The number of thioether (sulfide) groups is 1. The zero-order valence-electron chi connectivity index (χ0n) is 13.2. The van der Waals surface area contributed by atoms with Gasteiger partial charge in [-0.05, 0) is 31.8 Å². The first-order valence-electron chi connectivity index (χ1n) is 7.54. The average molecular weight is 325 g/mol. The molecule has 0 radical (unpaired) electrons. The molecule has 1 amide bonds. The second kappa shape index (κ2) is 8.50. The van der Waals surface area contributed by atoms with Crippen molar-refractivity contribution >= 4 is 17.7 Å². The molecular weight excluding hydrogens is 301 g/mol. The van der Waals surface area contributed by atoms with Gasteiger partial charge in [0.15, 0.2) is 0 Å². The number of nitrogens with zero attached hydrogens (tertiary/aromatic N) is 1. The summed E-state index contributed by atoms with van der Waals surface area (Å²) in [7, 11) is 3.81. The summed E-state index contributed by atoms with van der Waals surface area (Å²) in [5.74, 6) is 1.94. The Morgan fingerprint density at radius 3 is 3.00 bits per heavy atom. The van der Waals surface area contributed by atoms with Gasteiger partial charge >= 0.3 is 0 Å². The number of nitrogens with one attached hydrogen (secondary N) is 2. The van der Waals surface area contributed by atoms with Gasteiger partial charge in [0, 0.05) is 49.2 Å². The van der Waals surface area contributed by atoms with E-state index in [0.29, 0.717) is 25.1 Å². The van der Waals surface area contributed by atoms with Crippen LogP contribution in [0.25, 0.3) is 0 Å². The lowest BCUT2D eigenvalue weighted by atomic mass is 10.1. The van der Waals surface area contributed by atoms with Gasteiger partial charge in [-0.3, -0.25) is 4.79 Å². The molecule has 0 saturated carbocycles. The van der Waals surface area contributed by atoms with E-state index in [1.165, 1.54) is 6.07 Å². The van der Waals surface area contributed by atoms with Crippen molar-refractivity contribution in [1.29, 1.82) is 0 Å². The number of carbonyl (C=O) groups excluding carboxylic acids is 1. The fourth-order valence-corrected chi connectivity index (χ4v) is 3.40. The Morgan fingerprint density at radius 2 is 2.32 bits per heavy atom. The standard InChI is InChI=1S/C16H24FN3OS/c1-20(2)10-13-7-12(3-4-15(13)17)9-19-16(21)8-14-11-22-6-5-18-14/h3-4,7,14,18H,5-6,8-11H2,1-2H3,(H,19,21). The SMILES string of the molecule is CN(C)Cc1cc(CNC(=O)CC2CSCCN2)ccc1F. The second-order valence-corrected chi connectivity index (χ2v) is 7.02. The number of hydrogen-bond acceptors (Lipinski definition) is 4. The molecule has 1 aliphatic rings. The quantitative estimate of drug-likeness (QED) is 0.834. The first-order valence-corrected chi connectivity index (χ1v) is 8.70. The van der Waals surface area contributed by atoms with Crippen LogP contribution in [-0.4, -0.2) is 49.0 Å². The highest BCUT2D eigenvalue weighted by molar-refractivity contribution is 7.99. The third-order valence-electron chi connectivity index (χ3n) is 3.52. The molecule has 1 fully saturated rings. The molecule has 1 aromatic carbocycles. The molecule has 1 saturated heterocycles. The summed E-state index contributed by atoms with van der Waals surface area (Å²) in [5.41, 5.74) is 1.58. The first-order chi connectivity index (χ1) is 10.5. The summed E-state index contributed by atoms with van der Waals surface area (Å²) >= 11 is 1.88. The molecule has 2 N–H and O–H groups in total. The maximum atomic E-state index is 13.7. The highest BCUT2D eigenvalue weighted by Crippen LogP contribution is 2.13. The van der Waals surface area contributed by atoms with E-state index in [1.807, 2.05) is 36.8 Å². The third kappa shape index (κ3) is 5.59. The lowest BCUT2D eigenvalue weighted by molar-refractivity contribution is -0.121. The molecule has 6 heteroatoms. The van der Waals surface area contributed by atoms with Gasteiger partial charge in [0.2, 0.25) is 5.91 Å². The van der Waals surface area contributed by atoms with E-state index in [1.54, 1.807) is 6.07 Å². The fraction of sp³-hybridized carbons (Fsp3) is 0.562. The van der Waals surface area contributed by atoms with Crippen molar-refractivity contribution in [3.63, 3.8) is 0 Å². The van der Waals surface area contributed by atoms with Crippen LogP contribution in [0.1, 0.15) is 17.5 Å². The summed E-state index contributed by atoms with van der Waals surface area (Å²) in [6, 6.07) is 5.28. The summed E-state index contributed by atoms with van der Waals surface area (Å²) in [6.45, 7) is 1.96. The summed E-state index contributed by atoms with van der Waals surface area (Å²) in [4.78, 5) is 13.9. The molecule has 1 atom stereocenters. The van der Waals surface area contributed by atoms with Crippen molar-refractivity contribution < 1.29 is 9.18 Å². The highest BCUT2D eigenvalue weighted by Gasteiger charge is 2.16. The van der Waals surface area contributed by atoms with Gasteiger partial charge in [0.05, 0.1) is 0 Å². The van der Waals surface area contributed by atoms with Crippen LogP contribution in [0.15, 0.2) is 18.2 Å². The molecule has 4 nitrogen and oxygen atoms in total. The Morgan fingerprint density at radius 1 is 1.50 bits per heavy atom. The third-order valence-corrected chi connectivity index (χ3v) is 4.65. The minimum atomic E-state index is -0.202. The summed E-state index contributed by atoms with van der Waals surface area (Å²) in [6.07, 6.45) is 0.499. The molecule has 0 bridgehead atoms. The van der Waals surface area contributed by atoms with Gasteiger partial charge in [0.25, 0.3) is 0 Å². The highest BCUT2D eigenvalue weighted by atomic mass is 32.2. The molecular formula is C16H24FN3OS. The molecule has 1 unspecified atom stereocenters. The maximum Gasteiger partial charge on any atom is 0.221 e. The van der Waals surface area contributed by atoms with E-state index in [4.69, 9.17) is 0 Å². The summed E-state index contributed by atoms with van der Waals surface area (Å²) in [5, 5.41) is 6.27. The van der Waals surface area contributed by atoms with E-state index in [9.17, 15) is 9.18 Å². The van der Waals surface area contributed by atoms with E-state index >= 15 is 0 Å².